The zero-order chi connectivity index (χ0) is 12.6. The van der Waals surface area contributed by atoms with E-state index in [0.29, 0.717) is 0 Å². The molecule has 0 aliphatic rings. The predicted octanol–water partition coefficient (Wildman–Crippen LogP) is 2.98. The van der Waals surface area contributed by atoms with Crippen LogP contribution in [0, 0.1) is 0 Å². The van der Waals surface area contributed by atoms with Gasteiger partial charge in [0.1, 0.15) is 0 Å². The Balaban J connectivity index is 4.15. The molecule has 0 aromatic rings. The fraction of sp³-hybridized carbons (Fsp3) is 1.00. The van der Waals surface area contributed by atoms with Gasteiger partial charge in [0.15, 0.2) is 0 Å². The van der Waals surface area contributed by atoms with E-state index >= 15 is 0 Å². The highest BCUT2D eigenvalue weighted by Crippen LogP contribution is 2.14. The smallest absolute Gasteiger partial charge is 0.0872 e. The standard InChI is InChI=1S/C14H33N2/c1-7-13-16(6,10-4)14(5)11-12-15(8-2)9-3/h14H,7-13H2,1-6H3/q+1. The molecule has 0 heterocycles. The third-order valence-electron chi connectivity index (χ3n) is 4.28. The van der Waals surface area contributed by atoms with E-state index in [2.05, 4.69) is 46.6 Å². The Kier molecular flexibility index (Phi) is 8.04. The lowest BCUT2D eigenvalue weighted by molar-refractivity contribution is -0.930. The van der Waals surface area contributed by atoms with E-state index in [1.807, 2.05) is 0 Å². The topological polar surface area (TPSA) is 3.24 Å². The van der Waals surface area contributed by atoms with Gasteiger partial charge in [-0.3, -0.25) is 0 Å². The minimum atomic E-state index is 0.783. The highest BCUT2D eigenvalue weighted by Gasteiger charge is 2.26. The van der Waals surface area contributed by atoms with Gasteiger partial charge in [-0.1, -0.05) is 20.8 Å². The fourth-order valence-electron chi connectivity index (χ4n) is 2.42. The largest absolute Gasteiger partial charge is 0.324 e. The third kappa shape index (κ3) is 4.84. The molecule has 0 aromatic heterocycles. The molecule has 0 aliphatic carbocycles. The second kappa shape index (κ2) is 8.08. The lowest BCUT2D eigenvalue weighted by Gasteiger charge is -2.40. The number of nitrogens with zero attached hydrogens (tertiary/aromatic N) is 2. The SMILES string of the molecule is CCC[N+](C)(CC)C(C)CCN(CC)CC. The maximum Gasteiger partial charge on any atom is 0.0872 e. The molecule has 2 heteroatoms. The van der Waals surface area contributed by atoms with Gasteiger partial charge in [-0.2, -0.15) is 0 Å². The van der Waals surface area contributed by atoms with E-state index in [-0.39, 0.29) is 0 Å². The van der Waals surface area contributed by atoms with Gasteiger partial charge in [0.05, 0.1) is 26.2 Å². The lowest BCUT2D eigenvalue weighted by atomic mass is 10.1. The van der Waals surface area contributed by atoms with Crippen molar-refractivity contribution in [2.45, 2.75) is 53.5 Å². The van der Waals surface area contributed by atoms with Crippen LogP contribution in [0.1, 0.15) is 47.5 Å². The maximum absolute atomic E-state index is 2.53. The van der Waals surface area contributed by atoms with Crippen molar-refractivity contribution >= 4 is 0 Å². The van der Waals surface area contributed by atoms with Crippen molar-refractivity contribution in [1.82, 2.24) is 4.90 Å². The lowest BCUT2D eigenvalue weighted by Crippen LogP contribution is -2.52. The molecule has 0 aliphatic heterocycles. The highest BCUT2D eigenvalue weighted by atomic mass is 15.3. The first-order chi connectivity index (χ1) is 7.53. The summed E-state index contributed by atoms with van der Waals surface area (Å²) in [6.07, 6.45) is 2.62. The van der Waals surface area contributed by atoms with Gasteiger partial charge in [0.25, 0.3) is 0 Å². The second-order valence-electron chi connectivity index (χ2n) is 5.18. The summed E-state index contributed by atoms with van der Waals surface area (Å²) in [6.45, 7) is 17.8. The van der Waals surface area contributed by atoms with Crippen LogP contribution in [0.25, 0.3) is 0 Å². The molecule has 0 amide bonds. The van der Waals surface area contributed by atoms with Crippen molar-refractivity contribution in [3.63, 3.8) is 0 Å². The first-order valence-corrected chi connectivity index (χ1v) is 7.10. The summed E-state index contributed by atoms with van der Waals surface area (Å²) >= 11 is 0. The number of quaternary nitrogens is 1. The summed E-state index contributed by atoms with van der Waals surface area (Å²) in [6, 6.07) is 0.783. The van der Waals surface area contributed by atoms with Crippen LogP contribution in [0.4, 0.5) is 0 Å². The molecule has 2 nitrogen and oxygen atoms in total. The van der Waals surface area contributed by atoms with Crippen LogP contribution in [0.2, 0.25) is 0 Å². The van der Waals surface area contributed by atoms with Crippen LogP contribution in [0.5, 0.6) is 0 Å². The minimum absolute atomic E-state index is 0.783. The van der Waals surface area contributed by atoms with Crippen LogP contribution in [0.3, 0.4) is 0 Å². The first kappa shape index (κ1) is 15.9. The molecule has 0 radical (unpaired) electrons. The summed E-state index contributed by atoms with van der Waals surface area (Å²) in [5.74, 6) is 0. The van der Waals surface area contributed by atoms with E-state index in [1.54, 1.807) is 0 Å². The summed E-state index contributed by atoms with van der Waals surface area (Å²) < 4.78 is 1.23. The van der Waals surface area contributed by atoms with E-state index < -0.39 is 0 Å². The fourth-order valence-corrected chi connectivity index (χ4v) is 2.42. The molecule has 0 fully saturated rings. The van der Waals surface area contributed by atoms with Crippen molar-refractivity contribution in [2.24, 2.45) is 0 Å². The van der Waals surface area contributed by atoms with Crippen LogP contribution in [-0.4, -0.2) is 55.2 Å². The Hall–Kier alpha value is -0.0800. The molecule has 0 spiro atoms. The molecule has 16 heavy (non-hydrogen) atoms. The van der Waals surface area contributed by atoms with E-state index in [1.165, 1.54) is 50.0 Å². The Labute approximate surface area is 103 Å². The average molecular weight is 229 g/mol. The van der Waals surface area contributed by atoms with Crippen LogP contribution in [-0.2, 0) is 0 Å². The molecule has 0 aromatic carbocycles. The van der Waals surface area contributed by atoms with Crippen molar-refractivity contribution in [3.05, 3.63) is 0 Å². The van der Waals surface area contributed by atoms with Crippen molar-refractivity contribution in [3.8, 4) is 0 Å². The van der Waals surface area contributed by atoms with Crippen LogP contribution in [0.15, 0.2) is 0 Å². The Morgan fingerprint density at radius 3 is 2.00 bits per heavy atom. The normalized spacial score (nSPS) is 17.4. The van der Waals surface area contributed by atoms with Gasteiger partial charge < -0.3 is 9.38 Å². The number of rotatable bonds is 9. The Morgan fingerprint density at radius 1 is 1.06 bits per heavy atom. The monoisotopic (exact) mass is 229 g/mol. The molecular formula is C14H33N2+. The molecule has 0 bridgehead atoms. The van der Waals surface area contributed by atoms with Crippen LogP contribution >= 0.6 is 0 Å². The minimum Gasteiger partial charge on any atom is -0.324 e. The summed E-state index contributed by atoms with van der Waals surface area (Å²) in [4.78, 5) is 2.53. The Morgan fingerprint density at radius 2 is 1.62 bits per heavy atom. The number of hydrogen-bond acceptors (Lipinski definition) is 1. The zero-order valence-electron chi connectivity index (χ0n) is 12.4. The Bertz CT molecular complexity index is 166. The number of hydrogen-bond donors (Lipinski definition) is 0. The average Bonchev–Trinajstić information content (AvgIpc) is 2.30. The molecule has 0 rings (SSSR count). The molecule has 2 unspecified atom stereocenters. The molecular weight excluding hydrogens is 196 g/mol. The molecule has 0 saturated heterocycles. The second-order valence-corrected chi connectivity index (χ2v) is 5.18. The predicted molar refractivity (Wildman–Crippen MR) is 73.8 cm³/mol. The molecule has 2 atom stereocenters. The van der Waals surface area contributed by atoms with Gasteiger partial charge in [-0.15, -0.1) is 0 Å². The molecule has 0 N–H and O–H groups in total. The highest BCUT2D eigenvalue weighted by molar-refractivity contribution is 4.59. The van der Waals surface area contributed by atoms with Crippen molar-refractivity contribution < 1.29 is 4.48 Å². The zero-order valence-corrected chi connectivity index (χ0v) is 12.4. The van der Waals surface area contributed by atoms with Gasteiger partial charge >= 0.3 is 0 Å². The molecule has 98 valence electrons. The summed E-state index contributed by atoms with van der Waals surface area (Å²) in [5.41, 5.74) is 0. The quantitative estimate of drug-likeness (QED) is 0.549. The van der Waals surface area contributed by atoms with Gasteiger partial charge in [0, 0.05) is 13.0 Å². The van der Waals surface area contributed by atoms with Crippen molar-refractivity contribution in [2.75, 3.05) is 39.8 Å². The maximum atomic E-state index is 2.53. The third-order valence-corrected chi connectivity index (χ3v) is 4.28. The summed E-state index contributed by atoms with van der Waals surface area (Å²) in [7, 11) is 2.41. The molecule has 0 saturated carbocycles. The van der Waals surface area contributed by atoms with E-state index in [4.69, 9.17) is 0 Å². The van der Waals surface area contributed by atoms with Gasteiger partial charge in [-0.25, -0.2) is 0 Å². The van der Waals surface area contributed by atoms with E-state index in [9.17, 15) is 0 Å². The van der Waals surface area contributed by atoms with Crippen LogP contribution < -0.4 is 0 Å². The van der Waals surface area contributed by atoms with Crippen molar-refractivity contribution in [1.29, 1.82) is 0 Å². The first-order valence-electron chi connectivity index (χ1n) is 7.10. The van der Waals surface area contributed by atoms with Gasteiger partial charge in [-0.05, 0) is 33.4 Å². The van der Waals surface area contributed by atoms with E-state index in [0.717, 1.165) is 6.04 Å². The van der Waals surface area contributed by atoms with Gasteiger partial charge in [0.2, 0.25) is 0 Å². The summed E-state index contributed by atoms with van der Waals surface area (Å²) in [5, 5.41) is 0.